The van der Waals surface area contributed by atoms with Crippen molar-refractivity contribution in [2.45, 2.75) is 6.92 Å². The molecule has 0 saturated carbocycles. The topological polar surface area (TPSA) is 33.5 Å². The molecule has 2 aromatic rings. The van der Waals surface area contributed by atoms with E-state index in [1.165, 1.54) is 4.90 Å². The Kier molecular flexibility index (Phi) is 2.64. The lowest BCUT2D eigenvalue weighted by molar-refractivity contribution is 0.491. The van der Waals surface area contributed by atoms with Gasteiger partial charge in [-0.1, -0.05) is 0 Å². The van der Waals surface area contributed by atoms with Crippen LogP contribution in [0.5, 0.6) is 0 Å². The lowest BCUT2D eigenvalue weighted by atomic mass is 10.2. The molecule has 0 N–H and O–H groups in total. The second-order valence-corrected chi connectivity index (χ2v) is 3.76. The molecule has 0 atom stereocenters. The van der Waals surface area contributed by atoms with Gasteiger partial charge in [-0.3, -0.25) is 0 Å². The molecule has 16 heavy (non-hydrogen) atoms. The van der Waals surface area contributed by atoms with Crippen molar-refractivity contribution in [2.75, 3.05) is 18.7 Å². The zero-order valence-corrected chi connectivity index (χ0v) is 9.16. The zero-order valence-electron chi connectivity index (χ0n) is 9.16. The van der Waals surface area contributed by atoms with Crippen molar-refractivity contribution in [2.24, 2.45) is 0 Å². The summed E-state index contributed by atoms with van der Waals surface area (Å²) >= 11 is 0. The van der Waals surface area contributed by atoms with Crippen molar-refractivity contribution in [3.8, 4) is 0 Å². The average molecular weight is 221 g/mol. The molecule has 0 amide bonds. The number of hydrogen-bond acceptors (Lipinski definition) is 3. The third kappa shape index (κ3) is 1.78. The molecule has 0 radical (unpaired) electrons. The number of benzene rings is 1. The monoisotopic (exact) mass is 221 g/mol. The Labute approximate surface area is 92.1 Å². The van der Waals surface area contributed by atoms with E-state index in [0.29, 0.717) is 16.8 Å². The quantitative estimate of drug-likeness (QED) is 0.577. The summed E-state index contributed by atoms with van der Waals surface area (Å²) in [5.41, 5.74) is 1.38. The predicted octanol–water partition coefficient (Wildman–Crippen LogP) is 2.46. The summed E-state index contributed by atoms with van der Waals surface area (Å²) in [5.74, 6) is 0. The van der Waals surface area contributed by atoms with Crippen LogP contribution in [0.25, 0.3) is 11.0 Å². The van der Waals surface area contributed by atoms with Crippen LogP contribution in [0, 0.1) is 6.92 Å². The Morgan fingerprint density at radius 3 is 2.81 bits per heavy atom. The van der Waals surface area contributed by atoms with Crippen LogP contribution in [0.15, 0.2) is 33.5 Å². The summed E-state index contributed by atoms with van der Waals surface area (Å²) in [4.78, 5) is 12.8. The van der Waals surface area contributed by atoms with E-state index >= 15 is 0 Å². The van der Waals surface area contributed by atoms with Gasteiger partial charge in [0, 0.05) is 29.8 Å². The van der Waals surface area contributed by atoms with E-state index in [-0.39, 0.29) is 5.63 Å². The highest BCUT2D eigenvalue weighted by Gasteiger charge is 2.05. The summed E-state index contributed by atoms with van der Waals surface area (Å²) in [6.45, 7) is 1.12. The van der Waals surface area contributed by atoms with Crippen LogP contribution in [0.4, 0.5) is 10.1 Å². The van der Waals surface area contributed by atoms with Gasteiger partial charge >= 0.3 is 5.63 Å². The van der Waals surface area contributed by atoms with Crippen LogP contribution in [0.2, 0.25) is 0 Å². The molecular weight excluding hydrogens is 209 g/mol. The molecule has 2 rings (SSSR count). The zero-order chi connectivity index (χ0) is 11.7. The van der Waals surface area contributed by atoms with Crippen molar-refractivity contribution in [3.63, 3.8) is 0 Å². The normalized spacial score (nSPS) is 10.7. The molecule has 0 saturated heterocycles. The first-order valence-corrected chi connectivity index (χ1v) is 4.93. The number of rotatable bonds is 2. The summed E-state index contributed by atoms with van der Waals surface area (Å²) in [6, 6.07) is 7.03. The minimum Gasteiger partial charge on any atom is -0.422 e. The Morgan fingerprint density at radius 2 is 2.12 bits per heavy atom. The van der Waals surface area contributed by atoms with E-state index in [0.717, 1.165) is 5.39 Å². The van der Waals surface area contributed by atoms with E-state index < -0.39 is 6.80 Å². The molecule has 0 spiro atoms. The van der Waals surface area contributed by atoms with Gasteiger partial charge < -0.3 is 9.32 Å². The Bertz CT molecular complexity index is 577. The maximum absolute atomic E-state index is 12.4. The predicted molar refractivity (Wildman–Crippen MR) is 61.6 cm³/mol. The van der Waals surface area contributed by atoms with Gasteiger partial charge in [0.1, 0.15) is 5.58 Å². The summed E-state index contributed by atoms with van der Waals surface area (Å²) in [6.07, 6.45) is 0. The highest BCUT2D eigenvalue weighted by molar-refractivity contribution is 5.80. The molecule has 3 nitrogen and oxygen atoms in total. The fourth-order valence-electron chi connectivity index (χ4n) is 1.51. The van der Waals surface area contributed by atoms with Crippen LogP contribution in [0.1, 0.15) is 5.56 Å². The third-order valence-corrected chi connectivity index (χ3v) is 2.51. The Hall–Kier alpha value is -1.84. The molecular formula is C12H12FNO2. The molecule has 0 unspecified atom stereocenters. The third-order valence-electron chi connectivity index (χ3n) is 2.51. The van der Waals surface area contributed by atoms with Gasteiger partial charge in [-0.2, -0.15) is 0 Å². The van der Waals surface area contributed by atoms with Gasteiger partial charge in [0.05, 0.1) is 0 Å². The largest absolute Gasteiger partial charge is 0.422 e. The number of halogens is 1. The second-order valence-electron chi connectivity index (χ2n) is 3.76. The van der Waals surface area contributed by atoms with E-state index in [1.807, 2.05) is 6.07 Å². The van der Waals surface area contributed by atoms with E-state index in [2.05, 4.69) is 0 Å². The first-order valence-electron chi connectivity index (χ1n) is 4.93. The van der Waals surface area contributed by atoms with Crippen LogP contribution in [-0.2, 0) is 0 Å². The van der Waals surface area contributed by atoms with Crippen LogP contribution < -0.4 is 10.5 Å². The lowest BCUT2D eigenvalue weighted by Gasteiger charge is -2.14. The fraction of sp³-hybridized carbons (Fsp3) is 0.250. The average Bonchev–Trinajstić information content (AvgIpc) is 2.29. The highest BCUT2D eigenvalue weighted by Crippen LogP contribution is 2.20. The summed E-state index contributed by atoms with van der Waals surface area (Å²) < 4.78 is 17.6. The standard InChI is InChI=1S/C12H12FNO2/c1-8-5-9-3-4-10(14(2)7-13)6-11(9)16-12(8)15/h3-6H,7H2,1-2H3. The Morgan fingerprint density at radius 1 is 1.38 bits per heavy atom. The lowest BCUT2D eigenvalue weighted by Crippen LogP contribution is -2.14. The van der Waals surface area contributed by atoms with Gasteiger partial charge in [0.25, 0.3) is 0 Å². The maximum Gasteiger partial charge on any atom is 0.339 e. The number of anilines is 1. The molecule has 0 aliphatic carbocycles. The SMILES string of the molecule is Cc1cc2ccc(N(C)CF)cc2oc1=O. The van der Waals surface area contributed by atoms with E-state index in [4.69, 9.17) is 4.42 Å². The molecule has 0 aliphatic heterocycles. The van der Waals surface area contributed by atoms with Crippen molar-refractivity contribution < 1.29 is 8.81 Å². The van der Waals surface area contributed by atoms with Gasteiger partial charge in [0.2, 0.25) is 0 Å². The minimum absolute atomic E-state index is 0.354. The smallest absolute Gasteiger partial charge is 0.339 e. The van der Waals surface area contributed by atoms with Crippen molar-refractivity contribution in [1.29, 1.82) is 0 Å². The number of fused-ring (bicyclic) bond motifs is 1. The van der Waals surface area contributed by atoms with Crippen molar-refractivity contribution in [3.05, 3.63) is 40.2 Å². The van der Waals surface area contributed by atoms with Crippen LogP contribution >= 0.6 is 0 Å². The fourth-order valence-corrected chi connectivity index (χ4v) is 1.51. The highest BCUT2D eigenvalue weighted by atomic mass is 19.1. The van der Waals surface area contributed by atoms with E-state index in [9.17, 15) is 9.18 Å². The molecule has 1 aromatic heterocycles. The summed E-state index contributed by atoms with van der Waals surface area (Å²) in [5, 5.41) is 0.841. The number of hydrogen-bond donors (Lipinski definition) is 0. The molecule has 1 heterocycles. The first kappa shape index (κ1) is 10.7. The molecule has 84 valence electrons. The van der Waals surface area contributed by atoms with E-state index in [1.54, 1.807) is 32.2 Å². The number of nitrogens with zero attached hydrogens (tertiary/aromatic N) is 1. The maximum atomic E-state index is 12.4. The number of alkyl halides is 1. The number of aryl methyl sites for hydroxylation is 1. The van der Waals surface area contributed by atoms with Gasteiger partial charge in [-0.25, -0.2) is 9.18 Å². The molecule has 4 heteroatoms. The minimum atomic E-state index is -0.582. The van der Waals surface area contributed by atoms with Crippen LogP contribution in [-0.4, -0.2) is 13.8 Å². The van der Waals surface area contributed by atoms with Gasteiger partial charge in [-0.05, 0) is 25.1 Å². The molecule has 0 aliphatic rings. The molecule has 1 aromatic carbocycles. The van der Waals surface area contributed by atoms with Crippen molar-refractivity contribution in [1.82, 2.24) is 0 Å². The van der Waals surface area contributed by atoms with Gasteiger partial charge in [0.15, 0.2) is 6.80 Å². The second kappa shape index (κ2) is 3.96. The Balaban J connectivity index is 2.62. The molecule has 0 bridgehead atoms. The van der Waals surface area contributed by atoms with Gasteiger partial charge in [-0.15, -0.1) is 0 Å². The van der Waals surface area contributed by atoms with Crippen molar-refractivity contribution >= 4 is 16.7 Å². The summed E-state index contributed by atoms with van der Waals surface area (Å²) in [7, 11) is 1.63. The first-order chi connectivity index (χ1) is 7.61. The molecule has 0 fully saturated rings. The van der Waals surface area contributed by atoms with Crippen LogP contribution in [0.3, 0.4) is 0 Å².